The molecule has 7 aromatic rings. The van der Waals surface area contributed by atoms with Gasteiger partial charge in [0.05, 0.1) is 28.7 Å². The second kappa shape index (κ2) is 11.8. The van der Waals surface area contributed by atoms with Crippen LogP contribution in [0.1, 0.15) is 54.6 Å². The highest BCUT2D eigenvalue weighted by molar-refractivity contribution is 6.18. The van der Waals surface area contributed by atoms with Crippen molar-refractivity contribution >= 4 is 33.3 Å². The lowest BCUT2D eigenvalue weighted by Gasteiger charge is -2.21. The Labute approximate surface area is 287 Å². The molecule has 0 bridgehead atoms. The molecule has 0 spiro atoms. The fourth-order valence-corrected chi connectivity index (χ4v) is 7.54. The topological polar surface area (TPSA) is 53.1 Å². The van der Waals surface area contributed by atoms with E-state index in [0.29, 0.717) is 11.4 Å². The van der Waals surface area contributed by atoms with Gasteiger partial charge in [-0.3, -0.25) is 4.99 Å². The summed E-state index contributed by atoms with van der Waals surface area (Å²) in [7, 11) is 0. The number of aromatic nitrogens is 1. The Morgan fingerprint density at radius 3 is 2.35 bits per heavy atom. The second-order valence-corrected chi connectivity index (χ2v) is 13.4. The molecule has 1 aliphatic carbocycles. The maximum atomic E-state index is 9.71. The van der Waals surface area contributed by atoms with E-state index in [1.165, 1.54) is 38.5 Å². The number of hydrogen-bond acceptors (Lipinski definition) is 2. The van der Waals surface area contributed by atoms with Crippen molar-refractivity contribution in [3.63, 3.8) is 0 Å². The van der Waals surface area contributed by atoms with Crippen molar-refractivity contribution in [2.45, 2.75) is 32.2 Å². The van der Waals surface area contributed by atoms with Crippen molar-refractivity contribution in [2.24, 2.45) is 4.99 Å². The van der Waals surface area contributed by atoms with E-state index < -0.39 is 0 Å². The summed E-state index contributed by atoms with van der Waals surface area (Å²) in [6.45, 7) is 11.0. The number of anilines is 1. The van der Waals surface area contributed by atoms with E-state index in [1.54, 1.807) is 0 Å². The maximum Gasteiger partial charge on any atom is 0.133 e. The van der Waals surface area contributed by atoms with Gasteiger partial charge >= 0.3 is 0 Å². The fraction of sp³-hybridized carbons (Fsp3) is 0.111. The van der Waals surface area contributed by atoms with Crippen LogP contribution in [-0.2, 0) is 5.41 Å². The van der Waals surface area contributed by atoms with Gasteiger partial charge in [0.1, 0.15) is 5.84 Å². The van der Waals surface area contributed by atoms with Crippen LogP contribution in [0.4, 0.5) is 5.69 Å². The zero-order valence-electron chi connectivity index (χ0n) is 27.9. The SMILES string of the molecule is C=C(C)C(N=C(Nc1cccc(-n2c3ccccc3c3c4c(ccc32)C(C)(C)c2ccccc2-4)c1)c1cccc(C#N)c1)c1ccccc1. The Morgan fingerprint density at radius 1 is 0.776 bits per heavy atom. The second-order valence-electron chi connectivity index (χ2n) is 13.4. The molecule has 49 heavy (non-hydrogen) atoms. The minimum absolute atomic E-state index is 0.0762. The molecule has 0 saturated heterocycles. The molecule has 1 N–H and O–H groups in total. The maximum absolute atomic E-state index is 9.71. The van der Waals surface area contributed by atoms with Crippen LogP contribution < -0.4 is 5.32 Å². The van der Waals surface area contributed by atoms with Gasteiger partial charge in [-0.15, -0.1) is 0 Å². The summed E-state index contributed by atoms with van der Waals surface area (Å²) in [6.07, 6.45) is 0. The van der Waals surface area contributed by atoms with Crippen LogP contribution >= 0.6 is 0 Å². The third kappa shape index (κ3) is 5.03. The van der Waals surface area contributed by atoms with Crippen molar-refractivity contribution in [2.75, 3.05) is 5.32 Å². The van der Waals surface area contributed by atoms with Gasteiger partial charge in [-0.1, -0.05) is 123 Å². The molecule has 0 aliphatic heterocycles. The van der Waals surface area contributed by atoms with Crippen LogP contribution in [0, 0.1) is 11.3 Å². The van der Waals surface area contributed by atoms with Crippen molar-refractivity contribution in [3.05, 3.63) is 179 Å². The fourth-order valence-electron chi connectivity index (χ4n) is 7.54. The van der Waals surface area contributed by atoms with Crippen molar-refractivity contribution < 1.29 is 0 Å². The van der Waals surface area contributed by atoms with Crippen molar-refractivity contribution in [1.29, 1.82) is 5.26 Å². The average Bonchev–Trinajstić information content (AvgIpc) is 3.59. The first-order valence-corrected chi connectivity index (χ1v) is 16.7. The van der Waals surface area contributed by atoms with Gasteiger partial charge in [0, 0.05) is 33.1 Å². The van der Waals surface area contributed by atoms with Crippen LogP contribution in [0.2, 0.25) is 0 Å². The molecule has 4 heteroatoms. The van der Waals surface area contributed by atoms with Crippen molar-refractivity contribution in [3.8, 4) is 22.9 Å². The quantitative estimate of drug-likeness (QED) is 0.113. The van der Waals surface area contributed by atoms with Gasteiger partial charge in [0.15, 0.2) is 0 Å². The van der Waals surface area contributed by atoms with Crippen LogP contribution in [-0.4, -0.2) is 10.4 Å². The lowest BCUT2D eigenvalue weighted by atomic mass is 9.82. The predicted molar refractivity (Wildman–Crippen MR) is 204 cm³/mol. The molecule has 4 nitrogen and oxygen atoms in total. The molecule has 1 heterocycles. The number of amidine groups is 1. The Balaban J connectivity index is 1.29. The summed E-state index contributed by atoms with van der Waals surface area (Å²) >= 11 is 0. The molecule has 0 radical (unpaired) electrons. The average molecular weight is 633 g/mol. The van der Waals surface area contributed by atoms with E-state index in [4.69, 9.17) is 4.99 Å². The first kappa shape index (κ1) is 30.2. The Bertz CT molecular complexity index is 2490. The smallest absolute Gasteiger partial charge is 0.133 e. The van der Waals surface area contributed by atoms with Gasteiger partial charge in [0.2, 0.25) is 0 Å². The zero-order valence-corrected chi connectivity index (χ0v) is 27.9. The summed E-state index contributed by atoms with van der Waals surface area (Å²) < 4.78 is 2.37. The standard InChI is InChI=1S/C45H36N4/c1-29(2)43(31-15-6-5-7-16-31)48-44(32-17-12-14-30(26-32)28-46)47-33-18-13-19-34(27-33)49-39-23-11-9-21-36(39)42-40(49)25-24-38-41(42)35-20-8-10-22-37(35)45(38,3)4/h5-27,43H,1H2,2-4H3,(H,47,48). The van der Waals surface area contributed by atoms with Crippen molar-refractivity contribution in [1.82, 2.24) is 4.57 Å². The highest BCUT2D eigenvalue weighted by Crippen LogP contribution is 2.53. The summed E-state index contributed by atoms with van der Waals surface area (Å²) in [4.78, 5) is 5.24. The van der Waals surface area contributed by atoms with E-state index in [2.05, 4.69) is 133 Å². The van der Waals surface area contributed by atoms with Crippen LogP contribution in [0.3, 0.4) is 0 Å². The number of nitrogens with zero attached hydrogens (tertiary/aromatic N) is 3. The van der Waals surface area contributed by atoms with Gasteiger partial charge in [-0.05, 0) is 77.2 Å². The monoisotopic (exact) mass is 632 g/mol. The van der Waals surface area contributed by atoms with E-state index in [9.17, 15) is 5.26 Å². The summed E-state index contributed by atoms with van der Waals surface area (Å²) in [5, 5.41) is 15.9. The number of nitriles is 1. The molecular weight excluding hydrogens is 597 g/mol. The molecule has 1 atom stereocenters. The molecule has 0 amide bonds. The molecular formula is C45H36N4. The molecule has 1 unspecified atom stereocenters. The third-order valence-electron chi connectivity index (χ3n) is 9.85. The summed E-state index contributed by atoms with van der Waals surface area (Å²) in [5.74, 6) is 0.671. The summed E-state index contributed by atoms with van der Waals surface area (Å²) in [5.41, 5.74) is 13.0. The highest BCUT2D eigenvalue weighted by atomic mass is 15.0. The van der Waals surface area contributed by atoms with E-state index in [0.717, 1.165) is 33.6 Å². The van der Waals surface area contributed by atoms with Gasteiger partial charge in [-0.25, -0.2) is 0 Å². The molecule has 1 aliphatic rings. The number of aliphatic imine (C=N–C) groups is 1. The molecule has 8 rings (SSSR count). The predicted octanol–water partition coefficient (Wildman–Crippen LogP) is 11.1. The number of nitrogens with one attached hydrogen (secondary N) is 1. The van der Waals surface area contributed by atoms with Gasteiger partial charge in [0.25, 0.3) is 0 Å². The van der Waals surface area contributed by atoms with E-state index in [1.807, 2.05) is 49.4 Å². The Kier molecular flexibility index (Phi) is 7.27. The number of rotatable bonds is 6. The summed E-state index contributed by atoms with van der Waals surface area (Å²) in [6, 6.07) is 50.5. The minimum Gasteiger partial charge on any atom is -0.340 e. The van der Waals surface area contributed by atoms with Crippen LogP contribution in [0.15, 0.2) is 157 Å². The molecule has 0 fully saturated rings. The first-order valence-electron chi connectivity index (χ1n) is 16.7. The number of para-hydroxylation sites is 1. The molecule has 236 valence electrons. The van der Waals surface area contributed by atoms with Crippen LogP contribution in [0.5, 0.6) is 0 Å². The molecule has 0 saturated carbocycles. The number of hydrogen-bond donors (Lipinski definition) is 1. The lowest BCUT2D eigenvalue weighted by molar-refractivity contribution is 0.661. The van der Waals surface area contributed by atoms with Gasteiger partial charge < -0.3 is 9.88 Å². The number of fused-ring (bicyclic) bond motifs is 7. The van der Waals surface area contributed by atoms with E-state index >= 15 is 0 Å². The normalized spacial score (nSPS) is 13.9. The van der Waals surface area contributed by atoms with E-state index in [-0.39, 0.29) is 11.5 Å². The zero-order chi connectivity index (χ0) is 33.7. The Hall–Kier alpha value is -6.18. The number of benzene rings is 6. The van der Waals surface area contributed by atoms with Crippen LogP contribution in [0.25, 0.3) is 38.6 Å². The Morgan fingerprint density at radius 2 is 1.53 bits per heavy atom. The lowest BCUT2D eigenvalue weighted by Crippen LogP contribution is -2.16. The third-order valence-corrected chi connectivity index (χ3v) is 9.85. The largest absolute Gasteiger partial charge is 0.340 e. The molecule has 1 aromatic heterocycles. The first-order chi connectivity index (χ1) is 23.8. The highest BCUT2D eigenvalue weighted by Gasteiger charge is 2.37. The minimum atomic E-state index is -0.260. The van der Waals surface area contributed by atoms with Gasteiger partial charge in [-0.2, -0.15) is 5.26 Å². The molecule has 6 aromatic carbocycles.